The second kappa shape index (κ2) is 4.70. The number of nitrogen functional groups attached to an aromatic ring is 1. The van der Waals surface area contributed by atoms with E-state index < -0.39 is 0 Å². The Bertz CT molecular complexity index is 825. The molecule has 1 fully saturated rings. The van der Waals surface area contributed by atoms with Gasteiger partial charge in [0.25, 0.3) is 0 Å². The first-order valence-corrected chi connectivity index (χ1v) is 7.89. The number of benzene rings is 1. The summed E-state index contributed by atoms with van der Waals surface area (Å²) in [6, 6.07) is 9.27. The van der Waals surface area contributed by atoms with Gasteiger partial charge in [-0.1, -0.05) is 30.3 Å². The number of carbonyl (C=O) groups excluding carboxylic acids is 1. The Balaban J connectivity index is 1.84. The average molecular weight is 297 g/mol. The molecule has 1 aromatic heterocycles. The van der Waals surface area contributed by atoms with Gasteiger partial charge in [0.15, 0.2) is 0 Å². The summed E-state index contributed by atoms with van der Waals surface area (Å²) in [6.07, 6.45) is 4.55. The first-order valence-electron chi connectivity index (χ1n) is 7.07. The molecule has 0 spiro atoms. The molecule has 106 valence electrons. The standard InChI is InChI=1S/C16H15N3OS/c17-13-11-9-19-8-4-7-12(19)18-16(11)21-15(13)14(20)10-5-2-1-3-6-10/h1-3,5-6,9,12H,4,7-8,17H2/t12-/m0/s1. The Morgan fingerprint density at radius 3 is 2.95 bits per heavy atom. The summed E-state index contributed by atoms with van der Waals surface area (Å²) in [5, 5.41) is 0.914. The van der Waals surface area contributed by atoms with Crippen LogP contribution in [0.5, 0.6) is 0 Å². The zero-order valence-electron chi connectivity index (χ0n) is 11.5. The van der Waals surface area contributed by atoms with E-state index in [4.69, 9.17) is 10.7 Å². The molecule has 1 atom stereocenters. The van der Waals surface area contributed by atoms with E-state index in [0.29, 0.717) is 16.1 Å². The van der Waals surface area contributed by atoms with Crippen LogP contribution >= 0.6 is 11.3 Å². The number of hydrogen-bond donors (Lipinski definition) is 1. The maximum absolute atomic E-state index is 12.6. The number of nitrogens with zero attached hydrogens (tertiary/aromatic N) is 2. The summed E-state index contributed by atoms with van der Waals surface area (Å²) in [5.41, 5.74) is 7.45. The van der Waals surface area contributed by atoms with E-state index >= 15 is 0 Å². The van der Waals surface area contributed by atoms with Crippen LogP contribution in [0.25, 0.3) is 6.20 Å². The van der Waals surface area contributed by atoms with Crippen LogP contribution in [0.2, 0.25) is 0 Å². The summed E-state index contributed by atoms with van der Waals surface area (Å²) < 4.78 is 0.898. The molecule has 4 nitrogen and oxygen atoms in total. The molecule has 2 aliphatic heterocycles. The van der Waals surface area contributed by atoms with Crippen LogP contribution in [-0.2, 0) is 0 Å². The van der Waals surface area contributed by atoms with Crippen LogP contribution < -0.4 is 15.6 Å². The molecule has 2 aliphatic rings. The highest BCUT2D eigenvalue weighted by molar-refractivity contribution is 7.12. The lowest BCUT2D eigenvalue weighted by molar-refractivity contribution is 0.104. The van der Waals surface area contributed by atoms with Crippen LogP contribution in [-0.4, -0.2) is 23.4 Å². The number of rotatable bonds is 2. The Hall–Kier alpha value is -2.14. The van der Waals surface area contributed by atoms with Crippen molar-refractivity contribution in [3.63, 3.8) is 0 Å². The predicted octanol–water partition coefficient (Wildman–Crippen LogP) is 1.35. The Morgan fingerprint density at radius 2 is 2.14 bits per heavy atom. The van der Waals surface area contributed by atoms with Crippen molar-refractivity contribution in [2.75, 3.05) is 12.3 Å². The maximum atomic E-state index is 12.6. The highest BCUT2D eigenvalue weighted by Crippen LogP contribution is 2.22. The van der Waals surface area contributed by atoms with E-state index in [9.17, 15) is 4.79 Å². The van der Waals surface area contributed by atoms with Crippen LogP contribution in [0.15, 0.2) is 35.3 Å². The summed E-state index contributed by atoms with van der Waals surface area (Å²) in [5.74, 6) is -0.0174. The lowest BCUT2D eigenvalue weighted by Crippen LogP contribution is -2.37. The van der Waals surface area contributed by atoms with Crippen molar-refractivity contribution in [3.8, 4) is 0 Å². The smallest absolute Gasteiger partial charge is 0.205 e. The first kappa shape index (κ1) is 12.6. The zero-order valence-corrected chi connectivity index (χ0v) is 12.3. The molecule has 0 saturated carbocycles. The minimum atomic E-state index is -0.0174. The van der Waals surface area contributed by atoms with Gasteiger partial charge in [0, 0.05) is 18.3 Å². The highest BCUT2D eigenvalue weighted by Gasteiger charge is 2.26. The molecule has 0 unspecified atom stereocenters. The lowest BCUT2D eigenvalue weighted by Gasteiger charge is -2.20. The first-order chi connectivity index (χ1) is 10.2. The minimum absolute atomic E-state index is 0.0174. The molecule has 2 N–H and O–H groups in total. The fraction of sp³-hybridized carbons (Fsp3) is 0.250. The zero-order chi connectivity index (χ0) is 14.4. The van der Waals surface area contributed by atoms with E-state index in [1.807, 2.05) is 30.3 Å². The number of anilines is 1. The summed E-state index contributed by atoms with van der Waals surface area (Å²) >= 11 is 1.41. The van der Waals surface area contributed by atoms with Crippen molar-refractivity contribution < 1.29 is 4.79 Å². The maximum Gasteiger partial charge on any atom is 0.205 e. The van der Waals surface area contributed by atoms with Crippen molar-refractivity contribution in [2.24, 2.45) is 4.99 Å². The van der Waals surface area contributed by atoms with Gasteiger partial charge in [0.05, 0.1) is 10.9 Å². The average Bonchev–Trinajstić information content (AvgIpc) is 3.10. The van der Waals surface area contributed by atoms with E-state index in [0.717, 1.165) is 29.3 Å². The molecule has 0 radical (unpaired) electrons. The number of fused-ring (bicyclic) bond motifs is 2. The third-order valence-corrected chi connectivity index (χ3v) is 5.16. The van der Waals surface area contributed by atoms with E-state index in [1.165, 1.54) is 11.3 Å². The second-order valence-corrected chi connectivity index (χ2v) is 6.38. The van der Waals surface area contributed by atoms with E-state index in [1.54, 1.807) is 0 Å². The molecule has 0 aliphatic carbocycles. The molecule has 0 amide bonds. The van der Waals surface area contributed by atoms with Crippen LogP contribution in [0.3, 0.4) is 0 Å². The largest absolute Gasteiger partial charge is 0.397 e. The third-order valence-electron chi connectivity index (χ3n) is 4.03. The van der Waals surface area contributed by atoms with Crippen molar-refractivity contribution in [3.05, 3.63) is 50.7 Å². The molecule has 2 aromatic rings. The molecule has 1 aromatic carbocycles. The normalized spacial score (nSPS) is 19.4. The van der Waals surface area contributed by atoms with E-state index in [2.05, 4.69) is 11.1 Å². The van der Waals surface area contributed by atoms with Gasteiger partial charge < -0.3 is 10.6 Å². The van der Waals surface area contributed by atoms with Crippen LogP contribution in [0.4, 0.5) is 5.69 Å². The number of hydrogen-bond acceptors (Lipinski definition) is 5. The third kappa shape index (κ3) is 1.96. The Morgan fingerprint density at radius 1 is 1.33 bits per heavy atom. The van der Waals surface area contributed by atoms with E-state index in [-0.39, 0.29) is 11.9 Å². The van der Waals surface area contributed by atoms with Gasteiger partial charge in [0.1, 0.15) is 15.7 Å². The summed E-state index contributed by atoms with van der Waals surface area (Å²) in [6.45, 7) is 1.02. The van der Waals surface area contributed by atoms with Crippen LogP contribution in [0.1, 0.15) is 28.1 Å². The monoisotopic (exact) mass is 297 g/mol. The number of thiophene rings is 1. The van der Waals surface area contributed by atoms with Crippen molar-refractivity contribution in [2.45, 2.75) is 19.0 Å². The number of nitrogens with two attached hydrogens (primary N) is 1. The van der Waals surface area contributed by atoms with Gasteiger partial charge in [-0.15, -0.1) is 11.3 Å². The molecular formula is C16H15N3OS. The van der Waals surface area contributed by atoms with Crippen molar-refractivity contribution in [1.29, 1.82) is 0 Å². The second-order valence-electron chi connectivity index (χ2n) is 5.38. The Labute approximate surface area is 126 Å². The number of carbonyl (C=O) groups is 1. The van der Waals surface area contributed by atoms with Crippen molar-refractivity contribution in [1.82, 2.24) is 4.90 Å². The fourth-order valence-corrected chi connectivity index (χ4v) is 3.99. The SMILES string of the molecule is Nc1c(C(=O)c2ccccc2)sc2c1=CN1CCC[C@H]1N=2. The summed E-state index contributed by atoms with van der Waals surface area (Å²) in [4.78, 5) is 20.2. The van der Waals surface area contributed by atoms with Gasteiger partial charge in [0.2, 0.25) is 5.78 Å². The molecule has 0 bridgehead atoms. The van der Waals surface area contributed by atoms with Gasteiger partial charge in [-0.05, 0) is 12.8 Å². The van der Waals surface area contributed by atoms with Gasteiger partial charge in [-0.3, -0.25) is 4.79 Å². The fourth-order valence-electron chi connectivity index (χ4n) is 2.92. The topological polar surface area (TPSA) is 58.7 Å². The van der Waals surface area contributed by atoms with Crippen molar-refractivity contribution >= 4 is 29.0 Å². The van der Waals surface area contributed by atoms with Gasteiger partial charge in [-0.2, -0.15) is 0 Å². The lowest BCUT2D eigenvalue weighted by atomic mass is 10.1. The van der Waals surface area contributed by atoms with Crippen LogP contribution in [0, 0.1) is 0 Å². The predicted molar refractivity (Wildman–Crippen MR) is 83.6 cm³/mol. The quantitative estimate of drug-likeness (QED) is 0.851. The highest BCUT2D eigenvalue weighted by atomic mass is 32.1. The molecule has 3 heterocycles. The molecular weight excluding hydrogens is 282 g/mol. The molecule has 21 heavy (non-hydrogen) atoms. The molecule has 1 saturated heterocycles. The van der Waals surface area contributed by atoms with Gasteiger partial charge in [-0.25, -0.2) is 4.99 Å². The Kier molecular flexibility index (Phi) is 2.82. The van der Waals surface area contributed by atoms with Gasteiger partial charge >= 0.3 is 0 Å². The minimum Gasteiger partial charge on any atom is -0.397 e. The molecule has 5 heteroatoms. The number of ketones is 1. The molecule has 4 rings (SSSR count). The summed E-state index contributed by atoms with van der Waals surface area (Å²) in [7, 11) is 0.